The zero-order valence-electron chi connectivity index (χ0n) is 13.3. The molecule has 0 radical (unpaired) electrons. The molecule has 2 aromatic rings. The highest BCUT2D eigenvalue weighted by Crippen LogP contribution is 2.27. The Bertz CT molecular complexity index is 593. The molecule has 120 valence electrons. The SMILES string of the molecule is CC(C)(C)c1ncc(CNc2cc(CSCCO)ccn2)s1. The zero-order chi connectivity index (χ0) is 16.0. The fourth-order valence-corrected chi connectivity index (χ4v) is 3.43. The van der Waals surface area contributed by atoms with Gasteiger partial charge in [-0.2, -0.15) is 11.8 Å². The Balaban J connectivity index is 1.91. The minimum Gasteiger partial charge on any atom is -0.396 e. The van der Waals surface area contributed by atoms with E-state index in [1.54, 1.807) is 23.1 Å². The molecule has 2 heterocycles. The van der Waals surface area contributed by atoms with Crippen molar-refractivity contribution in [2.75, 3.05) is 17.7 Å². The smallest absolute Gasteiger partial charge is 0.126 e. The Labute approximate surface area is 140 Å². The highest BCUT2D eigenvalue weighted by atomic mass is 32.2. The van der Waals surface area contributed by atoms with Crippen LogP contribution in [0, 0.1) is 0 Å². The van der Waals surface area contributed by atoms with Crippen molar-refractivity contribution in [2.45, 2.75) is 38.5 Å². The summed E-state index contributed by atoms with van der Waals surface area (Å²) in [6.45, 7) is 7.50. The molecule has 2 N–H and O–H groups in total. The maximum absolute atomic E-state index is 8.82. The van der Waals surface area contributed by atoms with Crippen LogP contribution in [-0.2, 0) is 17.7 Å². The lowest BCUT2D eigenvalue weighted by molar-refractivity contribution is 0.322. The summed E-state index contributed by atoms with van der Waals surface area (Å²) >= 11 is 3.47. The standard InChI is InChI=1S/C16H23N3OS2/c1-16(2,3)15-19-10-13(22-15)9-18-14-8-12(4-5-17-14)11-21-7-6-20/h4-5,8,10,20H,6-7,9,11H2,1-3H3,(H,17,18). The van der Waals surface area contributed by atoms with E-state index in [9.17, 15) is 0 Å². The van der Waals surface area contributed by atoms with E-state index in [4.69, 9.17) is 5.11 Å². The highest BCUT2D eigenvalue weighted by molar-refractivity contribution is 7.98. The lowest BCUT2D eigenvalue weighted by atomic mass is 9.98. The van der Waals surface area contributed by atoms with Crippen LogP contribution in [0.4, 0.5) is 5.82 Å². The zero-order valence-corrected chi connectivity index (χ0v) is 14.9. The monoisotopic (exact) mass is 337 g/mol. The van der Waals surface area contributed by atoms with Crippen LogP contribution in [0.1, 0.15) is 36.2 Å². The second-order valence-electron chi connectivity index (χ2n) is 6.06. The first-order valence-electron chi connectivity index (χ1n) is 7.31. The van der Waals surface area contributed by atoms with Gasteiger partial charge in [-0.25, -0.2) is 9.97 Å². The van der Waals surface area contributed by atoms with Crippen LogP contribution in [0.15, 0.2) is 24.5 Å². The molecule has 22 heavy (non-hydrogen) atoms. The molecule has 0 fully saturated rings. The molecule has 0 aromatic carbocycles. The van der Waals surface area contributed by atoms with Crippen molar-refractivity contribution in [3.8, 4) is 0 Å². The molecule has 0 aliphatic heterocycles. The van der Waals surface area contributed by atoms with E-state index in [1.165, 1.54) is 10.4 Å². The summed E-state index contributed by atoms with van der Waals surface area (Å²) in [4.78, 5) is 10.1. The van der Waals surface area contributed by atoms with Crippen LogP contribution in [0.5, 0.6) is 0 Å². The van der Waals surface area contributed by atoms with Crippen LogP contribution < -0.4 is 5.32 Å². The van der Waals surface area contributed by atoms with Gasteiger partial charge in [0.05, 0.1) is 18.2 Å². The van der Waals surface area contributed by atoms with Crippen molar-refractivity contribution >= 4 is 28.9 Å². The number of pyridine rings is 1. The number of rotatable bonds is 7. The molecule has 0 amide bonds. The Morgan fingerprint density at radius 2 is 2.14 bits per heavy atom. The van der Waals surface area contributed by atoms with E-state index >= 15 is 0 Å². The lowest BCUT2D eigenvalue weighted by Crippen LogP contribution is -2.09. The molecule has 0 bridgehead atoms. The number of aliphatic hydroxyl groups is 1. The fourth-order valence-electron chi connectivity index (χ4n) is 1.83. The van der Waals surface area contributed by atoms with E-state index in [-0.39, 0.29) is 12.0 Å². The fraction of sp³-hybridized carbons (Fsp3) is 0.500. The molecular formula is C16H23N3OS2. The van der Waals surface area contributed by atoms with Gasteiger partial charge < -0.3 is 10.4 Å². The number of hydrogen-bond donors (Lipinski definition) is 2. The van der Waals surface area contributed by atoms with E-state index in [0.717, 1.165) is 28.9 Å². The minimum atomic E-state index is 0.102. The molecule has 0 aliphatic carbocycles. The maximum Gasteiger partial charge on any atom is 0.126 e. The highest BCUT2D eigenvalue weighted by Gasteiger charge is 2.17. The van der Waals surface area contributed by atoms with Gasteiger partial charge in [0.15, 0.2) is 0 Å². The first-order chi connectivity index (χ1) is 10.5. The van der Waals surface area contributed by atoms with Gasteiger partial charge in [-0.1, -0.05) is 20.8 Å². The van der Waals surface area contributed by atoms with Crippen molar-refractivity contribution < 1.29 is 5.11 Å². The maximum atomic E-state index is 8.82. The molecule has 0 spiro atoms. The molecule has 0 unspecified atom stereocenters. The topological polar surface area (TPSA) is 58.0 Å². The van der Waals surface area contributed by atoms with Crippen LogP contribution in [0.3, 0.4) is 0 Å². The van der Waals surface area contributed by atoms with Gasteiger partial charge in [0.25, 0.3) is 0 Å². The second kappa shape index (κ2) is 7.94. The molecule has 0 atom stereocenters. The first-order valence-corrected chi connectivity index (χ1v) is 9.29. The van der Waals surface area contributed by atoms with Crippen LogP contribution in [0.25, 0.3) is 0 Å². The average molecular weight is 338 g/mol. The number of hydrogen-bond acceptors (Lipinski definition) is 6. The van der Waals surface area contributed by atoms with E-state index in [1.807, 2.05) is 18.5 Å². The van der Waals surface area contributed by atoms with Crippen molar-refractivity contribution in [2.24, 2.45) is 0 Å². The first kappa shape index (κ1) is 17.2. The summed E-state index contributed by atoms with van der Waals surface area (Å²) in [7, 11) is 0. The average Bonchev–Trinajstić information content (AvgIpc) is 2.95. The van der Waals surface area contributed by atoms with E-state index in [0.29, 0.717) is 0 Å². The second-order valence-corrected chi connectivity index (χ2v) is 8.28. The largest absolute Gasteiger partial charge is 0.396 e. The minimum absolute atomic E-state index is 0.102. The number of nitrogens with one attached hydrogen (secondary N) is 1. The van der Waals surface area contributed by atoms with E-state index < -0.39 is 0 Å². The summed E-state index contributed by atoms with van der Waals surface area (Å²) < 4.78 is 0. The number of anilines is 1. The summed E-state index contributed by atoms with van der Waals surface area (Å²) in [5.41, 5.74) is 1.32. The third-order valence-corrected chi connectivity index (χ3v) is 5.40. The third-order valence-electron chi connectivity index (χ3n) is 2.97. The number of nitrogens with zero attached hydrogens (tertiary/aromatic N) is 2. The number of aliphatic hydroxyl groups excluding tert-OH is 1. The number of aromatic nitrogens is 2. The predicted octanol–water partition coefficient (Wildman–Crippen LogP) is 3.67. The molecule has 2 rings (SSSR count). The summed E-state index contributed by atoms with van der Waals surface area (Å²) in [5, 5.41) is 13.3. The Hall–Kier alpha value is -1.11. The normalized spacial score (nSPS) is 11.6. The molecule has 2 aromatic heterocycles. The van der Waals surface area contributed by atoms with Gasteiger partial charge in [-0.15, -0.1) is 11.3 Å². The Morgan fingerprint density at radius 1 is 1.32 bits per heavy atom. The number of thiazole rings is 1. The van der Waals surface area contributed by atoms with Gasteiger partial charge in [0.1, 0.15) is 5.82 Å². The summed E-state index contributed by atoms with van der Waals surface area (Å²) in [6, 6.07) is 4.08. The third kappa shape index (κ3) is 5.26. The summed E-state index contributed by atoms with van der Waals surface area (Å²) in [6.07, 6.45) is 3.77. The van der Waals surface area contributed by atoms with Crippen molar-refractivity contribution in [1.29, 1.82) is 0 Å². The molecule has 0 saturated carbocycles. The van der Waals surface area contributed by atoms with Crippen molar-refractivity contribution in [1.82, 2.24) is 9.97 Å². The van der Waals surface area contributed by atoms with Gasteiger partial charge in [-0.3, -0.25) is 0 Å². The van der Waals surface area contributed by atoms with Gasteiger partial charge >= 0.3 is 0 Å². The summed E-state index contributed by atoms with van der Waals surface area (Å²) in [5.74, 6) is 2.54. The van der Waals surface area contributed by atoms with Crippen LogP contribution in [-0.4, -0.2) is 27.4 Å². The molecular weight excluding hydrogens is 314 g/mol. The van der Waals surface area contributed by atoms with Crippen molar-refractivity contribution in [3.05, 3.63) is 40.0 Å². The Kier molecular flexibility index (Phi) is 6.23. The molecule has 0 aliphatic rings. The van der Waals surface area contributed by atoms with Gasteiger partial charge in [-0.05, 0) is 17.7 Å². The Morgan fingerprint density at radius 3 is 2.82 bits per heavy atom. The van der Waals surface area contributed by atoms with Gasteiger partial charge in [0.2, 0.25) is 0 Å². The van der Waals surface area contributed by atoms with Crippen LogP contribution in [0.2, 0.25) is 0 Å². The molecule has 4 nitrogen and oxygen atoms in total. The molecule has 0 saturated heterocycles. The lowest BCUT2D eigenvalue weighted by Gasteiger charge is -2.13. The van der Waals surface area contributed by atoms with Crippen molar-refractivity contribution in [3.63, 3.8) is 0 Å². The number of thioether (sulfide) groups is 1. The van der Waals surface area contributed by atoms with Crippen LogP contribution >= 0.6 is 23.1 Å². The quantitative estimate of drug-likeness (QED) is 0.755. The molecule has 6 heteroatoms. The van der Waals surface area contributed by atoms with Gasteiger partial charge in [0, 0.05) is 34.2 Å². The predicted molar refractivity (Wildman–Crippen MR) is 95.6 cm³/mol. The van der Waals surface area contributed by atoms with E-state index in [2.05, 4.69) is 42.1 Å².